The van der Waals surface area contributed by atoms with Crippen LogP contribution in [-0.2, 0) is 11.9 Å². The number of halogens is 4. The molecule has 0 saturated heterocycles. The number of thioether (sulfide) groups is 1. The lowest BCUT2D eigenvalue weighted by atomic mass is 10.1. The van der Waals surface area contributed by atoms with Crippen molar-refractivity contribution in [1.29, 1.82) is 0 Å². The first-order valence-electron chi connectivity index (χ1n) is 11.6. The molecular weight excluding hydrogens is 549 g/mol. The van der Waals surface area contributed by atoms with Gasteiger partial charge in [-0.1, -0.05) is 53.7 Å². The van der Waals surface area contributed by atoms with Crippen molar-refractivity contribution in [2.24, 2.45) is 5.10 Å². The van der Waals surface area contributed by atoms with Crippen LogP contribution in [0.5, 0.6) is 0 Å². The average molecular weight is 569 g/mol. The van der Waals surface area contributed by atoms with Crippen LogP contribution in [0.25, 0.3) is 16.7 Å². The molecule has 0 fully saturated rings. The first kappa shape index (κ1) is 26.5. The molecule has 2 heterocycles. The fourth-order valence-electron chi connectivity index (χ4n) is 3.76. The summed E-state index contributed by atoms with van der Waals surface area (Å²) >= 11 is 7.95. The Hall–Kier alpha value is -4.09. The minimum absolute atomic E-state index is 0.0659. The first-order chi connectivity index (χ1) is 18.7. The van der Waals surface area contributed by atoms with E-state index in [1.807, 2.05) is 36.4 Å². The molecule has 0 spiro atoms. The van der Waals surface area contributed by atoms with E-state index in [2.05, 4.69) is 25.6 Å². The molecule has 2 aromatic heterocycles. The Morgan fingerprint density at radius 1 is 1.13 bits per heavy atom. The van der Waals surface area contributed by atoms with Crippen LogP contribution in [0.4, 0.5) is 13.2 Å². The van der Waals surface area contributed by atoms with E-state index in [1.54, 1.807) is 30.8 Å². The Kier molecular flexibility index (Phi) is 7.45. The highest BCUT2D eigenvalue weighted by Crippen LogP contribution is 2.31. The number of carbonyl (C=O) groups is 1. The molecule has 5 rings (SSSR count). The predicted octanol–water partition coefficient (Wildman–Crippen LogP) is 6.79. The molecule has 7 nitrogen and oxygen atoms in total. The average Bonchev–Trinajstić information content (AvgIpc) is 3.47. The first-order valence-corrected chi connectivity index (χ1v) is 13.0. The van der Waals surface area contributed by atoms with Gasteiger partial charge in [0, 0.05) is 11.3 Å². The van der Waals surface area contributed by atoms with E-state index in [0.717, 1.165) is 33.9 Å². The van der Waals surface area contributed by atoms with Crippen molar-refractivity contribution in [2.75, 3.05) is 0 Å². The van der Waals surface area contributed by atoms with Crippen molar-refractivity contribution >= 4 is 46.5 Å². The monoisotopic (exact) mass is 568 g/mol. The molecule has 1 amide bonds. The fraction of sp³-hybridized carbons (Fsp3) is 0.111. The summed E-state index contributed by atoms with van der Waals surface area (Å²) in [7, 11) is 0. The SMILES string of the molecule is Cc1nn(-c2cccc(C(F)(F)F)c2)c(Cl)c1C=NNC(=O)c1ccc(CSc2nc3ccccc3[nH]2)cc1. The number of hydrogen-bond donors (Lipinski definition) is 2. The zero-order chi connectivity index (χ0) is 27.6. The second-order valence-electron chi connectivity index (χ2n) is 8.49. The van der Waals surface area contributed by atoms with Gasteiger partial charge in [0.15, 0.2) is 5.16 Å². The lowest BCUT2D eigenvalue weighted by Gasteiger charge is -2.09. The van der Waals surface area contributed by atoms with Gasteiger partial charge in [0.2, 0.25) is 0 Å². The molecule has 2 N–H and O–H groups in total. The van der Waals surface area contributed by atoms with Crippen LogP contribution in [0.3, 0.4) is 0 Å². The summed E-state index contributed by atoms with van der Waals surface area (Å²) in [6, 6.07) is 19.6. The van der Waals surface area contributed by atoms with Crippen LogP contribution in [0.15, 0.2) is 83.1 Å². The van der Waals surface area contributed by atoms with Gasteiger partial charge in [-0.3, -0.25) is 4.79 Å². The van der Waals surface area contributed by atoms with Crippen LogP contribution < -0.4 is 5.43 Å². The number of aryl methyl sites for hydroxylation is 1. The topological polar surface area (TPSA) is 88.0 Å². The number of carbonyl (C=O) groups excluding carboxylic acids is 1. The zero-order valence-electron chi connectivity index (χ0n) is 20.3. The van der Waals surface area contributed by atoms with E-state index in [0.29, 0.717) is 22.6 Å². The maximum atomic E-state index is 13.1. The summed E-state index contributed by atoms with van der Waals surface area (Å²) in [5, 5.41) is 9.07. The number of hydrazone groups is 1. The van der Waals surface area contributed by atoms with Crippen LogP contribution in [0.2, 0.25) is 5.15 Å². The molecule has 0 aliphatic heterocycles. The highest BCUT2D eigenvalue weighted by molar-refractivity contribution is 7.98. The van der Waals surface area contributed by atoms with Crippen molar-refractivity contribution in [1.82, 2.24) is 25.2 Å². The van der Waals surface area contributed by atoms with Crippen LogP contribution in [0.1, 0.15) is 32.7 Å². The second kappa shape index (κ2) is 11.0. The van der Waals surface area contributed by atoms with Gasteiger partial charge in [-0.25, -0.2) is 15.1 Å². The maximum absolute atomic E-state index is 13.1. The van der Waals surface area contributed by atoms with Crippen molar-refractivity contribution in [3.63, 3.8) is 0 Å². The van der Waals surface area contributed by atoms with Crippen molar-refractivity contribution < 1.29 is 18.0 Å². The molecule has 0 saturated carbocycles. The Morgan fingerprint density at radius 3 is 2.64 bits per heavy atom. The number of aromatic nitrogens is 4. The summed E-state index contributed by atoms with van der Waals surface area (Å²) in [6.07, 6.45) is -3.18. The van der Waals surface area contributed by atoms with Gasteiger partial charge in [-0.15, -0.1) is 0 Å². The predicted molar refractivity (Wildman–Crippen MR) is 145 cm³/mol. The molecule has 5 aromatic rings. The molecular formula is C27H20ClF3N6OS. The van der Waals surface area contributed by atoms with Crippen LogP contribution >= 0.6 is 23.4 Å². The number of alkyl halides is 3. The van der Waals surface area contributed by atoms with E-state index < -0.39 is 17.6 Å². The fourth-order valence-corrected chi connectivity index (χ4v) is 4.93. The van der Waals surface area contributed by atoms with Crippen LogP contribution in [-0.4, -0.2) is 31.9 Å². The van der Waals surface area contributed by atoms with Gasteiger partial charge in [-0.2, -0.15) is 23.4 Å². The number of imidazole rings is 1. The number of fused-ring (bicyclic) bond motifs is 1. The van der Waals surface area contributed by atoms with Gasteiger partial charge in [0.05, 0.1) is 39.8 Å². The van der Waals surface area contributed by atoms with E-state index in [1.165, 1.54) is 23.0 Å². The molecule has 0 unspecified atom stereocenters. The zero-order valence-corrected chi connectivity index (χ0v) is 21.9. The lowest BCUT2D eigenvalue weighted by Crippen LogP contribution is -2.17. The molecule has 3 aromatic carbocycles. The van der Waals surface area contributed by atoms with Crippen molar-refractivity contribution in [3.05, 3.63) is 106 Å². The Bertz CT molecular complexity index is 1640. The largest absolute Gasteiger partial charge is 0.416 e. The number of aromatic amines is 1. The number of nitrogens with zero attached hydrogens (tertiary/aromatic N) is 4. The van der Waals surface area contributed by atoms with E-state index >= 15 is 0 Å². The lowest BCUT2D eigenvalue weighted by molar-refractivity contribution is -0.137. The van der Waals surface area contributed by atoms with Crippen molar-refractivity contribution in [2.45, 2.75) is 24.0 Å². The van der Waals surface area contributed by atoms with Gasteiger partial charge in [-0.05, 0) is 55.0 Å². The minimum Gasteiger partial charge on any atom is -0.333 e. The normalized spacial score (nSPS) is 11.9. The quantitative estimate of drug-likeness (QED) is 0.129. The third kappa shape index (κ3) is 5.99. The molecule has 0 radical (unpaired) electrons. The van der Waals surface area contributed by atoms with E-state index in [9.17, 15) is 18.0 Å². The molecule has 12 heteroatoms. The maximum Gasteiger partial charge on any atom is 0.416 e. The molecule has 0 aliphatic carbocycles. The number of H-pyrrole nitrogens is 1. The smallest absolute Gasteiger partial charge is 0.333 e. The van der Waals surface area contributed by atoms with E-state index in [4.69, 9.17) is 11.6 Å². The molecule has 0 aliphatic rings. The number of amides is 1. The van der Waals surface area contributed by atoms with Gasteiger partial charge in [0.1, 0.15) is 5.15 Å². The van der Waals surface area contributed by atoms with Gasteiger partial charge >= 0.3 is 6.18 Å². The third-order valence-electron chi connectivity index (χ3n) is 5.79. The Balaban J connectivity index is 1.21. The molecule has 0 bridgehead atoms. The van der Waals surface area contributed by atoms with E-state index in [-0.39, 0.29) is 10.8 Å². The van der Waals surface area contributed by atoms with Crippen LogP contribution in [0, 0.1) is 6.92 Å². The second-order valence-corrected chi connectivity index (χ2v) is 9.82. The summed E-state index contributed by atoms with van der Waals surface area (Å²) in [4.78, 5) is 20.4. The van der Waals surface area contributed by atoms with Gasteiger partial charge in [0.25, 0.3) is 5.91 Å². The highest BCUT2D eigenvalue weighted by Gasteiger charge is 2.30. The highest BCUT2D eigenvalue weighted by atomic mass is 35.5. The summed E-state index contributed by atoms with van der Waals surface area (Å²) in [5.74, 6) is 0.245. The minimum atomic E-state index is -4.50. The Morgan fingerprint density at radius 2 is 1.90 bits per heavy atom. The van der Waals surface area contributed by atoms with Gasteiger partial charge < -0.3 is 4.98 Å². The molecule has 198 valence electrons. The summed E-state index contributed by atoms with van der Waals surface area (Å²) in [5.41, 5.74) is 5.89. The standard InChI is InChI=1S/C27H20ClF3N6OS/c1-16-21(24(28)37(36-16)20-6-4-5-19(13-20)27(29,30)31)14-32-35-25(38)18-11-9-17(10-12-18)15-39-26-33-22-7-2-3-8-23(22)34-26/h2-14H,15H2,1H3,(H,33,34)(H,35,38). The number of benzene rings is 3. The Labute approximate surface area is 230 Å². The molecule has 39 heavy (non-hydrogen) atoms. The van der Waals surface area contributed by atoms with Crippen molar-refractivity contribution in [3.8, 4) is 5.69 Å². The third-order valence-corrected chi connectivity index (χ3v) is 7.09. The summed E-state index contributed by atoms with van der Waals surface area (Å²) in [6.45, 7) is 1.64. The number of rotatable bonds is 7. The number of hydrogen-bond acceptors (Lipinski definition) is 5. The number of nitrogens with one attached hydrogen (secondary N) is 2. The molecule has 0 atom stereocenters. The number of para-hydroxylation sites is 2. The summed E-state index contributed by atoms with van der Waals surface area (Å²) < 4.78 is 40.5.